The molecule has 20 heavy (non-hydrogen) atoms. The van der Waals surface area contributed by atoms with Crippen LogP contribution in [0, 0.1) is 17.5 Å². The maximum absolute atomic E-state index is 13.3. The fourth-order valence-electron chi connectivity index (χ4n) is 1.56. The molecule has 2 aromatic rings. The monoisotopic (exact) mass is 277 g/mol. The largest absolute Gasteiger partial charge is 0.320 e. The molecular formula is C15H10F3NO. The van der Waals surface area contributed by atoms with Crippen LogP contribution in [0.15, 0.2) is 48.5 Å². The predicted octanol–water partition coefficient (Wildman–Crippen LogP) is 3.76. The molecule has 2 rings (SSSR count). The first-order valence-corrected chi connectivity index (χ1v) is 5.75. The molecule has 0 radical (unpaired) electrons. The Morgan fingerprint density at radius 2 is 1.80 bits per heavy atom. The van der Waals surface area contributed by atoms with E-state index in [0.29, 0.717) is 5.56 Å². The maximum atomic E-state index is 13.3. The number of carbonyl (C=O) groups is 1. The zero-order chi connectivity index (χ0) is 14.5. The second-order valence-electron chi connectivity index (χ2n) is 3.98. The van der Waals surface area contributed by atoms with Crippen molar-refractivity contribution >= 4 is 17.7 Å². The van der Waals surface area contributed by atoms with Crippen LogP contribution in [-0.2, 0) is 4.79 Å². The van der Waals surface area contributed by atoms with Gasteiger partial charge in [0, 0.05) is 6.08 Å². The van der Waals surface area contributed by atoms with E-state index in [1.165, 1.54) is 36.4 Å². The fraction of sp³-hybridized carbons (Fsp3) is 0. The van der Waals surface area contributed by atoms with Crippen molar-refractivity contribution in [3.05, 3.63) is 71.6 Å². The van der Waals surface area contributed by atoms with Gasteiger partial charge in [-0.2, -0.15) is 0 Å². The zero-order valence-corrected chi connectivity index (χ0v) is 10.2. The standard InChI is InChI=1S/C15H10F3NO/c16-11-4-1-3-10(9-11)7-8-14(20)19-13-6-2-5-12(17)15(13)18/h1-9H,(H,19,20)/b8-7+. The van der Waals surface area contributed by atoms with E-state index in [0.717, 1.165) is 12.1 Å². The highest BCUT2D eigenvalue weighted by Gasteiger charge is 2.08. The van der Waals surface area contributed by atoms with Crippen molar-refractivity contribution in [2.24, 2.45) is 0 Å². The van der Waals surface area contributed by atoms with Crippen LogP contribution >= 0.6 is 0 Å². The van der Waals surface area contributed by atoms with Gasteiger partial charge in [-0.3, -0.25) is 4.79 Å². The van der Waals surface area contributed by atoms with E-state index < -0.39 is 23.4 Å². The molecule has 0 aliphatic heterocycles. The molecule has 0 saturated carbocycles. The Bertz CT molecular complexity index is 668. The van der Waals surface area contributed by atoms with Crippen molar-refractivity contribution < 1.29 is 18.0 Å². The number of rotatable bonds is 3. The minimum absolute atomic E-state index is 0.251. The van der Waals surface area contributed by atoms with Gasteiger partial charge in [-0.25, -0.2) is 13.2 Å². The number of hydrogen-bond donors (Lipinski definition) is 1. The Morgan fingerprint density at radius 1 is 1.05 bits per heavy atom. The number of nitrogens with one attached hydrogen (secondary N) is 1. The molecule has 0 bridgehead atoms. The minimum atomic E-state index is -1.12. The van der Waals surface area contributed by atoms with Crippen molar-refractivity contribution in [3.63, 3.8) is 0 Å². The van der Waals surface area contributed by atoms with E-state index in [1.54, 1.807) is 6.07 Å². The van der Waals surface area contributed by atoms with E-state index in [-0.39, 0.29) is 5.69 Å². The summed E-state index contributed by atoms with van der Waals surface area (Å²) in [7, 11) is 0. The van der Waals surface area contributed by atoms with Gasteiger partial charge < -0.3 is 5.32 Å². The molecule has 0 unspecified atom stereocenters. The quantitative estimate of drug-likeness (QED) is 0.850. The third-order valence-electron chi connectivity index (χ3n) is 2.49. The smallest absolute Gasteiger partial charge is 0.248 e. The Morgan fingerprint density at radius 3 is 2.55 bits per heavy atom. The van der Waals surface area contributed by atoms with Crippen molar-refractivity contribution in [3.8, 4) is 0 Å². The van der Waals surface area contributed by atoms with Crippen LogP contribution in [0.3, 0.4) is 0 Å². The highest BCUT2D eigenvalue weighted by atomic mass is 19.2. The van der Waals surface area contributed by atoms with E-state index in [9.17, 15) is 18.0 Å². The van der Waals surface area contributed by atoms with Gasteiger partial charge in [0.05, 0.1) is 5.69 Å². The summed E-state index contributed by atoms with van der Waals surface area (Å²) in [6.45, 7) is 0. The van der Waals surface area contributed by atoms with Crippen LogP contribution in [0.25, 0.3) is 6.08 Å². The first-order valence-electron chi connectivity index (χ1n) is 5.75. The lowest BCUT2D eigenvalue weighted by Gasteiger charge is -2.03. The van der Waals surface area contributed by atoms with E-state index in [4.69, 9.17) is 0 Å². The van der Waals surface area contributed by atoms with Gasteiger partial charge >= 0.3 is 0 Å². The Kier molecular flexibility index (Phi) is 4.20. The van der Waals surface area contributed by atoms with Gasteiger partial charge in [0.1, 0.15) is 5.82 Å². The molecule has 0 atom stereocenters. The van der Waals surface area contributed by atoms with Gasteiger partial charge in [-0.05, 0) is 35.9 Å². The summed E-state index contributed by atoms with van der Waals surface area (Å²) in [5, 5.41) is 2.20. The molecule has 5 heteroatoms. The fourth-order valence-corrected chi connectivity index (χ4v) is 1.56. The first-order chi connectivity index (χ1) is 9.56. The highest BCUT2D eigenvalue weighted by Crippen LogP contribution is 2.16. The molecule has 0 heterocycles. The number of benzene rings is 2. The molecule has 2 nitrogen and oxygen atoms in total. The Balaban J connectivity index is 2.08. The van der Waals surface area contributed by atoms with Gasteiger partial charge in [0.25, 0.3) is 0 Å². The number of amides is 1. The number of hydrogen-bond acceptors (Lipinski definition) is 1. The second-order valence-corrected chi connectivity index (χ2v) is 3.98. The Labute approximate surface area is 113 Å². The first kappa shape index (κ1) is 13.9. The lowest BCUT2D eigenvalue weighted by Crippen LogP contribution is -2.09. The number of carbonyl (C=O) groups excluding carboxylic acids is 1. The van der Waals surface area contributed by atoms with Gasteiger partial charge in [-0.15, -0.1) is 0 Å². The summed E-state index contributed by atoms with van der Waals surface area (Å²) in [6, 6.07) is 9.10. The molecule has 0 fully saturated rings. The zero-order valence-electron chi connectivity index (χ0n) is 10.2. The lowest BCUT2D eigenvalue weighted by atomic mass is 10.2. The summed E-state index contributed by atoms with van der Waals surface area (Å²) < 4.78 is 39.2. The molecular weight excluding hydrogens is 267 g/mol. The predicted molar refractivity (Wildman–Crippen MR) is 70.4 cm³/mol. The molecule has 0 aromatic heterocycles. The topological polar surface area (TPSA) is 29.1 Å². The molecule has 102 valence electrons. The van der Waals surface area contributed by atoms with E-state index in [1.807, 2.05) is 0 Å². The van der Waals surface area contributed by atoms with Crippen LogP contribution < -0.4 is 5.32 Å². The molecule has 1 N–H and O–H groups in total. The molecule has 0 saturated heterocycles. The maximum Gasteiger partial charge on any atom is 0.248 e. The minimum Gasteiger partial charge on any atom is -0.320 e. The molecule has 0 aliphatic carbocycles. The SMILES string of the molecule is O=C(/C=C/c1cccc(F)c1)Nc1cccc(F)c1F. The third kappa shape index (κ3) is 3.47. The highest BCUT2D eigenvalue weighted by molar-refractivity contribution is 6.01. The average Bonchev–Trinajstić information content (AvgIpc) is 2.42. The summed E-state index contributed by atoms with van der Waals surface area (Å²) in [5.74, 6) is -3.24. The van der Waals surface area contributed by atoms with Crippen molar-refractivity contribution in [2.45, 2.75) is 0 Å². The molecule has 1 amide bonds. The Hall–Kier alpha value is -2.56. The summed E-state index contributed by atoms with van der Waals surface area (Å²) in [4.78, 5) is 11.6. The molecule has 0 aliphatic rings. The molecule has 0 spiro atoms. The summed E-state index contributed by atoms with van der Waals surface area (Å²) >= 11 is 0. The van der Waals surface area contributed by atoms with Crippen molar-refractivity contribution in [2.75, 3.05) is 5.32 Å². The second kappa shape index (κ2) is 6.06. The summed E-state index contributed by atoms with van der Waals surface area (Å²) in [5.41, 5.74) is 0.235. The molecule has 2 aromatic carbocycles. The van der Waals surface area contributed by atoms with Crippen LogP contribution in [0.4, 0.5) is 18.9 Å². The lowest BCUT2D eigenvalue weighted by molar-refractivity contribution is -0.111. The third-order valence-corrected chi connectivity index (χ3v) is 2.49. The van der Waals surface area contributed by atoms with Gasteiger partial charge in [0.2, 0.25) is 5.91 Å². The average molecular weight is 277 g/mol. The number of anilines is 1. The normalized spacial score (nSPS) is 10.8. The van der Waals surface area contributed by atoms with Crippen LogP contribution in [-0.4, -0.2) is 5.91 Å². The van der Waals surface area contributed by atoms with Gasteiger partial charge in [-0.1, -0.05) is 18.2 Å². The number of halogens is 3. The van der Waals surface area contributed by atoms with Crippen molar-refractivity contribution in [1.29, 1.82) is 0 Å². The van der Waals surface area contributed by atoms with Crippen molar-refractivity contribution in [1.82, 2.24) is 0 Å². The summed E-state index contributed by atoms with van der Waals surface area (Å²) in [6.07, 6.45) is 2.48. The van der Waals surface area contributed by atoms with Crippen LogP contribution in [0.2, 0.25) is 0 Å². The van der Waals surface area contributed by atoms with E-state index >= 15 is 0 Å². The van der Waals surface area contributed by atoms with Crippen LogP contribution in [0.5, 0.6) is 0 Å². The van der Waals surface area contributed by atoms with Gasteiger partial charge in [0.15, 0.2) is 11.6 Å². The van der Waals surface area contributed by atoms with E-state index in [2.05, 4.69) is 5.32 Å². The van der Waals surface area contributed by atoms with Crippen LogP contribution in [0.1, 0.15) is 5.56 Å².